The predicted octanol–water partition coefficient (Wildman–Crippen LogP) is 4.22. The molecule has 2 atom stereocenters. The fraction of sp³-hybridized carbons (Fsp3) is 0.500. The number of likely N-dealkylation sites (tertiary alicyclic amines) is 1. The molecule has 33 heavy (non-hydrogen) atoms. The largest absolute Gasteiger partial charge is 0.471 e. The molecule has 2 unspecified atom stereocenters. The molecule has 0 radical (unpaired) electrons. The lowest BCUT2D eigenvalue weighted by Crippen LogP contribution is -2.59. The van der Waals surface area contributed by atoms with Crippen LogP contribution < -0.4 is 9.47 Å². The van der Waals surface area contributed by atoms with E-state index in [0.29, 0.717) is 26.3 Å². The molecule has 0 N–H and O–H groups in total. The number of rotatable bonds is 5. The highest BCUT2D eigenvalue weighted by atomic mass is 35.5. The normalized spacial score (nSPS) is 25.3. The topological polar surface area (TPSA) is 83.0 Å². The van der Waals surface area contributed by atoms with Crippen LogP contribution in [0.25, 0.3) is 0 Å². The number of halogens is 3. The van der Waals surface area contributed by atoms with Crippen molar-refractivity contribution in [3.63, 3.8) is 0 Å². The van der Waals surface area contributed by atoms with Crippen LogP contribution in [-0.4, -0.2) is 59.0 Å². The third-order valence-electron chi connectivity index (χ3n) is 6.14. The minimum atomic E-state index is -0.973. The van der Waals surface area contributed by atoms with Gasteiger partial charge < -0.3 is 23.8 Å². The first-order valence-electron chi connectivity index (χ1n) is 10.7. The Hall–Kier alpha value is -2.72. The molecule has 1 amide bonds. The Bertz CT molecular complexity index is 1040. The van der Waals surface area contributed by atoms with Crippen LogP contribution in [0.5, 0.6) is 17.5 Å². The molecule has 1 aromatic heterocycles. The van der Waals surface area contributed by atoms with E-state index in [4.69, 9.17) is 30.5 Å². The molecule has 3 fully saturated rings. The van der Waals surface area contributed by atoms with Crippen LogP contribution in [0.15, 0.2) is 24.5 Å². The average molecular weight is 482 g/mol. The quantitative estimate of drug-likeness (QED) is 0.632. The van der Waals surface area contributed by atoms with Crippen LogP contribution in [0.3, 0.4) is 0 Å². The lowest BCUT2D eigenvalue weighted by molar-refractivity contribution is -0.112. The number of ether oxygens (including phenoxy) is 4. The van der Waals surface area contributed by atoms with Crippen molar-refractivity contribution < 1.29 is 32.5 Å². The van der Waals surface area contributed by atoms with Gasteiger partial charge in [0.05, 0.1) is 18.2 Å². The Labute approximate surface area is 193 Å². The summed E-state index contributed by atoms with van der Waals surface area (Å²) in [6, 6.07) is 3.96. The van der Waals surface area contributed by atoms with E-state index in [1.807, 2.05) is 6.92 Å². The molecule has 8 nitrogen and oxygen atoms in total. The van der Waals surface area contributed by atoms with Gasteiger partial charge in [0, 0.05) is 24.9 Å². The molecule has 1 aliphatic carbocycles. The smallest absolute Gasteiger partial charge is 0.410 e. The van der Waals surface area contributed by atoms with Crippen molar-refractivity contribution in [2.24, 2.45) is 11.8 Å². The van der Waals surface area contributed by atoms with E-state index in [9.17, 15) is 9.18 Å². The summed E-state index contributed by atoms with van der Waals surface area (Å²) in [4.78, 5) is 21.9. The van der Waals surface area contributed by atoms with E-state index in [1.165, 1.54) is 12.1 Å². The number of nitrogens with zero attached hydrogens (tertiary/aromatic N) is 3. The zero-order valence-electron chi connectivity index (χ0n) is 17.8. The number of benzene rings is 1. The minimum Gasteiger partial charge on any atom is -0.471 e. The highest BCUT2D eigenvalue weighted by molar-refractivity contribution is 6.32. The molecule has 2 aromatic rings. The number of amides is 1. The number of carbonyl (C=O) groups is 1. The second kappa shape index (κ2) is 8.57. The number of para-hydroxylation sites is 1. The van der Waals surface area contributed by atoms with Crippen molar-refractivity contribution in [1.82, 2.24) is 14.9 Å². The Morgan fingerprint density at radius 1 is 1.18 bits per heavy atom. The lowest BCUT2D eigenvalue weighted by atomic mass is 9.84. The van der Waals surface area contributed by atoms with E-state index >= 15 is 4.39 Å². The number of piperidine rings is 1. The van der Waals surface area contributed by atoms with E-state index in [1.54, 1.807) is 4.90 Å². The predicted molar refractivity (Wildman–Crippen MR) is 111 cm³/mol. The van der Waals surface area contributed by atoms with Gasteiger partial charge in [0.25, 0.3) is 11.8 Å². The lowest BCUT2D eigenvalue weighted by Gasteiger charge is -2.45. The summed E-state index contributed by atoms with van der Waals surface area (Å²) in [6.07, 6.45) is 2.01. The molecule has 1 saturated carbocycles. The third kappa shape index (κ3) is 4.54. The zero-order valence-corrected chi connectivity index (χ0v) is 18.6. The SMILES string of the molecule is CC1(OC(=O)N2CC3COCC(C2)C3Oc2ncnc(Oc3c(F)cccc3Cl)c2F)CC1. The molecule has 5 rings (SSSR count). The van der Waals surface area contributed by atoms with Crippen LogP contribution in [-0.2, 0) is 9.47 Å². The molecule has 176 valence electrons. The monoisotopic (exact) mass is 481 g/mol. The maximum absolute atomic E-state index is 15.1. The van der Waals surface area contributed by atoms with Crippen molar-refractivity contribution >= 4 is 17.7 Å². The molecule has 2 bridgehead atoms. The Morgan fingerprint density at radius 3 is 2.55 bits per heavy atom. The van der Waals surface area contributed by atoms with E-state index in [-0.39, 0.29) is 40.2 Å². The second-order valence-electron chi connectivity index (χ2n) is 8.81. The molecule has 1 aromatic carbocycles. The molecule has 0 spiro atoms. The summed E-state index contributed by atoms with van der Waals surface area (Å²) in [7, 11) is 0. The van der Waals surface area contributed by atoms with Gasteiger partial charge in [0.1, 0.15) is 18.0 Å². The van der Waals surface area contributed by atoms with E-state index in [2.05, 4.69) is 9.97 Å². The van der Waals surface area contributed by atoms with Crippen molar-refractivity contribution in [1.29, 1.82) is 0 Å². The molecular formula is C22H22ClF2N3O5. The molecule has 2 saturated heterocycles. The second-order valence-corrected chi connectivity index (χ2v) is 9.22. The number of hydrogen-bond acceptors (Lipinski definition) is 7. The van der Waals surface area contributed by atoms with E-state index in [0.717, 1.165) is 25.2 Å². The standard InChI is InChI=1S/C22H22ClF2N3O5/c1-22(5-6-22)33-21(29)28-7-12-9-30-10-13(8-28)17(12)31-19-16(25)20(27-11-26-19)32-18-14(23)3-2-4-15(18)24/h2-4,11-13,17H,5-10H2,1H3. The number of fused-ring (bicyclic) bond motifs is 2. The Morgan fingerprint density at radius 2 is 1.88 bits per heavy atom. The third-order valence-corrected chi connectivity index (χ3v) is 6.44. The summed E-state index contributed by atoms with van der Waals surface area (Å²) in [5.74, 6) is -3.30. The Balaban J connectivity index is 1.31. The summed E-state index contributed by atoms with van der Waals surface area (Å²) in [6.45, 7) is 3.33. The van der Waals surface area contributed by atoms with Crippen LogP contribution in [0.4, 0.5) is 13.6 Å². The molecular weight excluding hydrogens is 460 g/mol. The van der Waals surface area contributed by atoms with Crippen molar-refractivity contribution in [3.05, 3.63) is 41.2 Å². The number of hydrogen-bond donors (Lipinski definition) is 0. The van der Waals surface area contributed by atoms with Gasteiger partial charge in [-0.1, -0.05) is 17.7 Å². The first-order chi connectivity index (χ1) is 15.8. The van der Waals surface area contributed by atoms with Gasteiger partial charge in [-0.25, -0.2) is 9.18 Å². The van der Waals surface area contributed by atoms with Crippen LogP contribution in [0, 0.1) is 23.5 Å². The molecule has 3 aliphatic rings. The summed E-state index contributed by atoms with van der Waals surface area (Å²) in [5, 5.41) is -0.0264. The minimum absolute atomic E-state index is 0.0264. The first kappa shape index (κ1) is 22.1. The zero-order chi connectivity index (χ0) is 23.2. The fourth-order valence-corrected chi connectivity index (χ4v) is 4.29. The van der Waals surface area contributed by atoms with Gasteiger partial charge >= 0.3 is 6.09 Å². The van der Waals surface area contributed by atoms with Crippen LogP contribution in [0.2, 0.25) is 5.02 Å². The average Bonchev–Trinajstić information content (AvgIpc) is 3.49. The van der Waals surface area contributed by atoms with E-state index < -0.39 is 23.6 Å². The maximum atomic E-state index is 15.1. The summed E-state index contributed by atoms with van der Waals surface area (Å²) in [5.41, 5.74) is -0.363. The maximum Gasteiger partial charge on any atom is 0.410 e. The molecule has 2 aliphatic heterocycles. The van der Waals surface area contributed by atoms with Gasteiger partial charge in [-0.3, -0.25) is 0 Å². The van der Waals surface area contributed by atoms with Gasteiger partial charge in [0.2, 0.25) is 5.82 Å². The summed E-state index contributed by atoms with van der Waals surface area (Å²) >= 11 is 5.96. The molecule has 11 heteroatoms. The highest BCUT2D eigenvalue weighted by Crippen LogP contribution is 2.40. The fourth-order valence-electron chi connectivity index (χ4n) is 4.09. The van der Waals surface area contributed by atoms with Crippen molar-refractivity contribution in [2.75, 3.05) is 26.3 Å². The number of aromatic nitrogens is 2. The van der Waals surface area contributed by atoms with Gasteiger partial charge in [0.15, 0.2) is 11.6 Å². The van der Waals surface area contributed by atoms with Gasteiger partial charge in [-0.15, -0.1) is 0 Å². The van der Waals surface area contributed by atoms with Crippen molar-refractivity contribution in [2.45, 2.75) is 31.5 Å². The van der Waals surface area contributed by atoms with Gasteiger partial charge in [-0.05, 0) is 31.9 Å². The summed E-state index contributed by atoms with van der Waals surface area (Å²) < 4.78 is 51.6. The van der Waals surface area contributed by atoms with Crippen LogP contribution in [0.1, 0.15) is 19.8 Å². The highest BCUT2D eigenvalue weighted by Gasteiger charge is 2.47. The molecule has 3 heterocycles. The number of carbonyl (C=O) groups excluding carboxylic acids is 1. The van der Waals surface area contributed by atoms with Crippen molar-refractivity contribution in [3.8, 4) is 17.5 Å². The Kier molecular flexibility index (Phi) is 5.74. The van der Waals surface area contributed by atoms with Gasteiger partial charge in [-0.2, -0.15) is 14.4 Å². The van der Waals surface area contributed by atoms with Crippen LogP contribution >= 0.6 is 11.6 Å². The first-order valence-corrected chi connectivity index (χ1v) is 11.1.